The highest BCUT2D eigenvalue weighted by Gasteiger charge is 2.23. The molecule has 0 unspecified atom stereocenters. The smallest absolute Gasteiger partial charge is 0.253 e. The summed E-state index contributed by atoms with van der Waals surface area (Å²) in [5.74, 6) is -0.394. The monoisotopic (exact) mass is 315 g/mol. The van der Waals surface area contributed by atoms with Gasteiger partial charge in [-0.3, -0.25) is 9.36 Å². The van der Waals surface area contributed by atoms with Crippen LogP contribution in [0.25, 0.3) is 16.7 Å². The molecule has 0 aliphatic rings. The zero-order chi connectivity index (χ0) is 16.0. The molecule has 3 rings (SSSR count). The van der Waals surface area contributed by atoms with Crippen molar-refractivity contribution in [2.45, 2.75) is 13.8 Å². The van der Waals surface area contributed by atoms with Gasteiger partial charge in [-0.25, -0.2) is 4.98 Å². The SMILES string of the molecule is Cc1cccc(C)c1-n1c(N)c(C(N)=O)c2cnc(Cl)nc21. The summed E-state index contributed by atoms with van der Waals surface area (Å²) in [5.41, 5.74) is 15.2. The number of amides is 1. The number of primary amides is 1. The molecule has 0 aliphatic heterocycles. The molecule has 0 fully saturated rings. The van der Waals surface area contributed by atoms with Gasteiger partial charge in [0.1, 0.15) is 5.82 Å². The molecule has 0 saturated carbocycles. The topological polar surface area (TPSA) is 99.8 Å². The zero-order valence-electron chi connectivity index (χ0n) is 12.1. The van der Waals surface area contributed by atoms with E-state index in [1.165, 1.54) is 6.20 Å². The number of nitrogen functional groups attached to an aromatic ring is 1. The van der Waals surface area contributed by atoms with Gasteiger partial charge >= 0.3 is 0 Å². The van der Waals surface area contributed by atoms with Crippen LogP contribution in [0, 0.1) is 13.8 Å². The van der Waals surface area contributed by atoms with Crippen molar-refractivity contribution in [3.8, 4) is 5.69 Å². The molecule has 112 valence electrons. The lowest BCUT2D eigenvalue weighted by Crippen LogP contribution is -2.14. The van der Waals surface area contributed by atoms with Crippen LogP contribution in [0.4, 0.5) is 5.82 Å². The van der Waals surface area contributed by atoms with Crippen molar-refractivity contribution < 1.29 is 4.79 Å². The molecule has 4 N–H and O–H groups in total. The van der Waals surface area contributed by atoms with E-state index in [-0.39, 0.29) is 16.7 Å². The second-order valence-electron chi connectivity index (χ2n) is 5.08. The molecule has 2 heterocycles. The molecule has 1 amide bonds. The van der Waals surface area contributed by atoms with Crippen molar-refractivity contribution in [2.24, 2.45) is 5.73 Å². The molecule has 2 aromatic heterocycles. The number of nitrogens with zero attached hydrogens (tertiary/aromatic N) is 3. The minimum absolute atomic E-state index is 0.0773. The largest absolute Gasteiger partial charge is 0.384 e. The van der Waals surface area contributed by atoms with Crippen molar-refractivity contribution in [3.63, 3.8) is 0 Å². The summed E-state index contributed by atoms with van der Waals surface area (Å²) in [5, 5.41) is 0.561. The predicted molar refractivity (Wildman–Crippen MR) is 86.3 cm³/mol. The van der Waals surface area contributed by atoms with Gasteiger partial charge in [-0.2, -0.15) is 4.98 Å². The van der Waals surface area contributed by atoms with Gasteiger partial charge in [0.15, 0.2) is 5.65 Å². The van der Waals surface area contributed by atoms with Crippen molar-refractivity contribution in [2.75, 3.05) is 5.73 Å². The summed E-state index contributed by atoms with van der Waals surface area (Å²) in [6, 6.07) is 5.87. The first-order chi connectivity index (χ1) is 10.4. The molecule has 0 bridgehead atoms. The average Bonchev–Trinajstić information content (AvgIpc) is 2.71. The molecule has 1 aromatic carbocycles. The van der Waals surface area contributed by atoms with Gasteiger partial charge in [-0.15, -0.1) is 0 Å². The molecular formula is C15H14ClN5O. The first-order valence-electron chi connectivity index (χ1n) is 6.60. The van der Waals surface area contributed by atoms with E-state index in [1.807, 2.05) is 32.0 Å². The van der Waals surface area contributed by atoms with E-state index in [0.717, 1.165) is 16.8 Å². The van der Waals surface area contributed by atoms with Crippen LogP contribution in [0.3, 0.4) is 0 Å². The first-order valence-corrected chi connectivity index (χ1v) is 6.98. The Morgan fingerprint density at radius 1 is 1.27 bits per heavy atom. The minimum atomic E-state index is -0.626. The number of carbonyl (C=O) groups is 1. The Hall–Kier alpha value is -2.60. The Morgan fingerprint density at radius 3 is 2.50 bits per heavy atom. The van der Waals surface area contributed by atoms with E-state index in [1.54, 1.807) is 4.57 Å². The number of hydrogen-bond donors (Lipinski definition) is 2. The summed E-state index contributed by atoms with van der Waals surface area (Å²) < 4.78 is 1.70. The first kappa shape index (κ1) is 14.3. The molecular weight excluding hydrogens is 302 g/mol. The molecule has 0 spiro atoms. The van der Waals surface area contributed by atoms with Gasteiger partial charge < -0.3 is 11.5 Å². The highest BCUT2D eigenvalue weighted by molar-refractivity contribution is 6.28. The summed E-state index contributed by atoms with van der Waals surface area (Å²) in [6.07, 6.45) is 1.46. The molecule has 3 aromatic rings. The Labute approximate surface area is 131 Å². The Bertz CT molecular complexity index is 896. The molecule has 6 nitrogen and oxygen atoms in total. The highest BCUT2D eigenvalue weighted by Crippen LogP contribution is 2.32. The van der Waals surface area contributed by atoms with Crippen LogP contribution in [0.2, 0.25) is 5.28 Å². The third kappa shape index (κ3) is 2.00. The number of carbonyl (C=O) groups excluding carboxylic acids is 1. The number of fused-ring (bicyclic) bond motifs is 1. The number of hydrogen-bond acceptors (Lipinski definition) is 4. The number of rotatable bonds is 2. The van der Waals surface area contributed by atoms with Gasteiger partial charge in [0.25, 0.3) is 5.91 Å². The summed E-state index contributed by atoms with van der Waals surface area (Å²) in [4.78, 5) is 19.9. The molecule has 0 atom stereocenters. The van der Waals surface area contributed by atoms with Crippen LogP contribution < -0.4 is 11.5 Å². The maximum atomic E-state index is 11.8. The summed E-state index contributed by atoms with van der Waals surface area (Å²) in [7, 11) is 0. The van der Waals surface area contributed by atoms with Gasteiger partial charge in [0.2, 0.25) is 5.28 Å². The molecule has 22 heavy (non-hydrogen) atoms. The second-order valence-corrected chi connectivity index (χ2v) is 5.41. The second kappa shape index (κ2) is 4.99. The minimum Gasteiger partial charge on any atom is -0.384 e. The van der Waals surface area contributed by atoms with E-state index >= 15 is 0 Å². The van der Waals surface area contributed by atoms with E-state index in [0.29, 0.717) is 11.0 Å². The number of aryl methyl sites for hydroxylation is 2. The Kier molecular flexibility index (Phi) is 3.26. The van der Waals surface area contributed by atoms with Gasteiger partial charge in [0, 0.05) is 6.20 Å². The van der Waals surface area contributed by atoms with Gasteiger partial charge in [-0.1, -0.05) is 18.2 Å². The van der Waals surface area contributed by atoms with Gasteiger partial charge in [0.05, 0.1) is 16.6 Å². The number of anilines is 1. The van der Waals surface area contributed by atoms with Crippen molar-refractivity contribution in [1.82, 2.24) is 14.5 Å². The number of benzene rings is 1. The lowest BCUT2D eigenvalue weighted by molar-refractivity contribution is 0.100. The molecule has 0 aliphatic carbocycles. The third-order valence-corrected chi connectivity index (χ3v) is 3.81. The fraction of sp³-hybridized carbons (Fsp3) is 0.133. The lowest BCUT2D eigenvalue weighted by Gasteiger charge is -2.13. The van der Waals surface area contributed by atoms with E-state index in [9.17, 15) is 4.79 Å². The predicted octanol–water partition coefficient (Wildman–Crippen LogP) is 2.37. The quantitative estimate of drug-likeness (QED) is 0.709. The molecule has 7 heteroatoms. The van der Waals surface area contributed by atoms with Crippen LogP contribution in [0.15, 0.2) is 24.4 Å². The van der Waals surface area contributed by atoms with Crippen LogP contribution in [-0.2, 0) is 0 Å². The maximum Gasteiger partial charge on any atom is 0.253 e. The van der Waals surface area contributed by atoms with Crippen LogP contribution in [0.5, 0.6) is 0 Å². The number of para-hydroxylation sites is 1. The normalized spacial score (nSPS) is 11.0. The molecule has 0 saturated heterocycles. The van der Waals surface area contributed by atoms with E-state index < -0.39 is 5.91 Å². The van der Waals surface area contributed by atoms with E-state index in [2.05, 4.69) is 9.97 Å². The Balaban J connectivity index is 2.51. The zero-order valence-corrected chi connectivity index (χ0v) is 12.8. The van der Waals surface area contributed by atoms with E-state index in [4.69, 9.17) is 23.1 Å². The number of halogens is 1. The van der Waals surface area contributed by atoms with Crippen molar-refractivity contribution in [3.05, 3.63) is 46.4 Å². The highest BCUT2D eigenvalue weighted by atomic mass is 35.5. The molecule has 0 radical (unpaired) electrons. The Morgan fingerprint density at radius 2 is 1.91 bits per heavy atom. The average molecular weight is 316 g/mol. The summed E-state index contributed by atoms with van der Waals surface area (Å²) >= 11 is 5.91. The van der Waals surface area contributed by atoms with Crippen LogP contribution >= 0.6 is 11.6 Å². The van der Waals surface area contributed by atoms with Crippen LogP contribution in [-0.4, -0.2) is 20.4 Å². The summed E-state index contributed by atoms with van der Waals surface area (Å²) in [6.45, 7) is 3.92. The fourth-order valence-corrected chi connectivity index (χ4v) is 2.84. The number of aromatic nitrogens is 3. The van der Waals surface area contributed by atoms with Crippen molar-refractivity contribution >= 4 is 34.4 Å². The van der Waals surface area contributed by atoms with Crippen LogP contribution in [0.1, 0.15) is 21.5 Å². The lowest BCUT2D eigenvalue weighted by atomic mass is 10.1. The van der Waals surface area contributed by atoms with Gasteiger partial charge in [-0.05, 0) is 36.6 Å². The van der Waals surface area contributed by atoms with Crippen molar-refractivity contribution in [1.29, 1.82) is 0 Å². The maximum absolute atomic E-state index is 11.8. The number of nitrogens with two attached hydrogens (primary N) is 2. The third-order valence-electron chi connectivity index (χ3n) is 3.63. The fourth-order valence-electron chi connectivity index (χ4n) is 2.71. The standard InChI is InChI=1S/C15H14ClN5O/c1-7-4-3-5-8(2)11(7)21-12(17)10(13(18)22)9-6-19-15(16)20-14(9)21/h3-6H,17H2,1-2H3,(H2,18,22).